The highest BCUT2D eigenvalue weighted by Gasteiger charge is 2.13. The number of ether oxygens (including phenoxy) is 1. The van der Waals surface area contributed by atoms with Crippen molar-refractivity contribution >= 4 is 11.9 Å². The zero-order valence-corrected chi connectivity index (χ0v) is 16.8. The molecule has 8 nitrogen and oxygen atoms in total. The summed E-state index contributed by atoms with van der Waals surface area (Å²) < 4.78 is 9.02. The van der Waals surface area contributed by atoms with Crippen LogP contribution in [0.15, 0.2) is 67.1 Å². The normalized spacial score (nSPS) is 10.7. The van der Waals surface area contributed by atoms with Crippen LogP contribution in [0.2, 0.25) is 0 Å². The van der Waals surface area contributed by atoms with Gasteiger partial charge in [0.15, 0.2) is 12.4 Å². The molecule has 0 spiro atoms. The molecule has 2 heterocycles. The van der Waals surface area contributed by atoms with E-state index < -0.39 is 0 Å². The standard InChI is InChI=1S/C22H22N6O2/c1-16-8-9-20(17(2)12-16)30-15-27-11-10-19(25-27)21(29)24-22-23-14-28(26-22)13-18-6-4-3-5-7-18/h3-12,14H,13,15H2,1-2H3,(H,24,26,29). The van der Waals surface area contributed by atoms with Crippen LogP contribution in [0.5, 0.6) is 5.75 Å². The lowest BCUT2D eigenvalue weighted by molar-refractivity contribution is 0.101. The van der Waals surface area contributed by atoms with Gasteiger partial charge >= 0.3 is 0 Å². The summed E-state index contributed by atoms with van der Waals surface area (Å²) in [7, 11) is 0. The first-order chi connectivity index (χ1) is 14.6. The van der Waals surface area contributed by atoms with Crippen LogP contribution in [-0.4, -0.2) is 30.5 Å². The molecule has 0 aliphatic rings. The molecule has 0 aliphatic heterocycles. The lowest BCUT2D eigenvalue weighted by atomic mass is 10.1. The van der Waals surface area contributed by atoms with Crippen LogP contribution in [0, 0.1) is 13.8 Å². The van der Waals surface area contributed by atoms with E-state index in [0.717, 1.165) is 16.9 Å². The van der Waals surface area contributed by atoms with Crippen molar-refractivity contribution in [3.05, 3.63) is 89.5 Å². The van der Waals surface area contributed by atoms with E-state index in [1.807, 2.05) is 56.3 Å². The Morgan fingerprint density at radius 2 is 1.87 bits per heavy atom. The van der Waals surface area contributed by atoms with Crippen molar-refractivity contribution in [3.8, 4) is 5.75 Å². The minimum absolute atomic E-state index is 0.209. The molecule has 1 N–H and O–H groups in total. The van der Waals surface area contributed by atoms with Crippen LogP contribution in [-0.2, 0) is 13.3 Å². The molecule has 0 atom stereocenters. The molecule has 0 aliphatic carbocycles. The van der Waals surface area contributed by atoms with E-state index in [9.17, 15) is 4.79 Å². The van der Waals surface area contributed by atoms with Gasteiger partial charge in [0.2, 0.25) is 5.95 Å². The Balaban J connectivity index is 1.34. The lowest BCUT2D eigenvalue weighted by Crippen LogP contribution is -2.15. The fourth-order valence-electron chi connectivity index (χ4n) is 3.02. The van der Waals surface area contributed by atoms with Crippen molar-refractivity contribution < 1.29 is 9.53 Å². The van der Waals surface area contributed by atoms with Crippen molar-refractivity contribution in [3.63, 3.8) is 0 Å². The van der Waals surface area contributed by atoms with Crippen LogP contribution in [0.3, 0.4) is 0 Å². The average Bonchev–Trinajstić information content (AvgIpc) is 3.38. The molecule has 4 rings (SSSR count). The Morgan fingerprint density at radius 1 is 1.03 bits per heavy atom. The molecule has 30 heavy (non-hydrogen) atoms. The quantitative estimate of drug-likeness (QED) is 0.512. The van der Waals surface area contributed by atoms with Gasteiger partial charge in [-0.1, -0.05) is 48.0 Å². The first kappa shape index (κ1) is 19.4. The molecule has 0 saturated carbocycles. The number of hydrogen-bond acceptors (Lipinski definition) is 5. The maximum Gasteiger partial charge on any atom is 0.278 e. The maximum absolute atomic E-state index is 12.4. The summed E-state index contributed by atoms with van der Waals surface area (Å²) in [6.45, 7) is 4.82. The van der Waals surface area contributed by atoms with Crippen LogP contribution < -0.4 is 10.1 Å². The minimum Gasteiger partial charge on any atom is -0.471 e. The van der Waals surface area contributed by atoms with Crippen molar-refractivity contribution in [1.29, 1.82) is 0 Å². The highest BCUT2D eigenvalue weighted by molar-refractivity contribution is 6.01. The number of carbonyl (C=O) groups is 1. The van der Waals surface area contributed by atoms with Gasteiger partial charge < -0.3 is 4.74 Å². The number of anilines is 1. The molecule has 8 heteroatoms. The van der Waals surface area contributed by atoms with Gasteiger partial charge in [-0.05, 0) is 37.1 Å². The number of carbonyl (C=O) groups excluding carboxylic acids is 1. The van der Waals surface area contributed by atoms with Gasteiger partial charge in [0.05, 0.1) is 6.54 Å². The second kappa shape index (κ2) is 8.60. The summed E-state index contributed by atoms with van der Waals surface area (Å²) in [4.78, 5) is 16.6. The summed E-state index contributed by atoms with van der Waals surface area (Å²) in [6, 6.07) is 17.5. The largest absolute Gasteiger partial charge is 0.471 e. The number of hydrogen-bond donors (Lipinski definition) is 1. The van der Waals surface area contributed by atoms with E-state index in [1.165, 1.54) is 5.56 Å². The second-order valence-corrected chi connectivity index (χ2v) is 6.99. The summed E-state index contributed by atoms with van der Waals surface area (Å²) in [5.41, 5.74) is 3.59. The summed E-state index contributed by atoms with van der Waals surface area (Å²) in [5.74, 6) is 0.644. The predicted molar refractivity (Wildman–Crippen MR) is 112 cm³/mol. The third-order valence-electron chi connectivity index (χ3n) is 4.51. The number of rotatable bonds is 7. The fraction of sp³-hybridized carbons (Fsp3) is 0.182. The van der Waals surface area contributed by atoms with E-state index in [1.54, 1.807) is 28.0 Å². The lowest BCUT2D eigenvalue weighted by Gasteiger charge is -2.09. The van der Waals surface area contributed by atoms with Gasteiger partial charge in [-0.15, -0.1) is 5.10 Å². The van der Waals surface area contributed by atoms with E-state index in [-0.39, 0.29) is 24.3 Å². The molecule has 2 aromatic carbocycles. The van der Waals surface area contributed by atoms with E-state index >= 15 is 0 Å². The topological polar surface area (TPSA) is 86.9 Å². The third kappa shape index (κ3) is 4.72. The monoisotopic (exact) mass is 402 g/mol. The molecule has 0 saturated heterocycles. The molecular formula is C22H22N6O2. The summed E-state index contributed by atoms with van der Waals surface area (Å²) >= 11 is 0. The molecule has 0 unspecified atom stereocenters. The van der Waals surface area contributed by atoms with E-state index in [0.29, 0.717) is 6.54 Å². The van der Waals surface area contributed by atoms with E-state index in [4.69, 9.17) is 4.74 Å². The first-order valence-corrected chi connectivity index (χ1v) is 9.55. The Morgan fingerprint density at radius 3 is 2.67 bits per heavy atom. The second-order valence-electron chi connectivity index (χ2n) is 6.99. The smallest absolute Gasteiger partial charge is 0.278 e. The molecular weight excluding hydrogens is 380 g/mol. The fourth-order valence-corrected chi connectivity index (χ4v) is 3.02. The van der Waals surface area contributed by atoms with Gasteiger partial charge in [-0.3, -0.25) is 10.1 Å². The molecule has 152 valence electrons. The molecule has 1 amide bonds. The van der Waals surface area contributed by atoms with Gasteiger partial charge in [-0.25, -0.2) is 14.3 Å². The van der Waals surface area contributed by atoms with Crippen molar-refractivity contribution in [1.82, 2.24) is 24.5 Å². The molecule has 0 fully saturated rings. The van der Waals surface area contributed by atoms with E-state index in [2.05, 4.69) is 26.6 Å². The maximum atomic E-state index is 12.4. The summed E-state index contributed by atoms with van der Waals surface area (Å²) in [6.07, 6.45) is 3.28. The number of amides is 1. The highest BCUT2D eigenvalue weighted by atomic mass is 16.5. The number of nitrogens with one attached hydrogen (secondary N) is 1. The van der Waals surface area contributed by atoms with Gasteiger partial charge in [-0.2, -0.15) is 5.10 Å². The molecule has 0 radical (unpaired) electrons. The number of benzene rings is 2. The summed E-state index contributed by atoms with van der Waals surface area (Å²) in [5, 5.41) is 11.2. The van der Waals surface area contributed by atoms with Crippen LogP contribution in [0.1, 0.15) is 27.2 Å². The van der Waals surface area contributed by atoms with Crippen LogP contribution >= 0.6 is 0 Å². The molecule has 2 aromatic heterocycles. The average molecular weight is 402 g/mol. The van der Waals surface area contributed by atoms with Crippen molar-refractivity contribution in [2.24, 2.45) is 0 Å². The van der Waals surface area contributed by atoms with Gasteiger partial charge in [0.25, 0.3) is 5.91 Å². The zero-order chi connectivity index (χ0) is 20.9. The van der Waals surface area contributed by atoms with Crippen LogP contribution in [0.4, 0.5) is 5.95 Å². The SMILES string of the molecule is Cc1ccc(OCn2ccc(C(=O)Nc3ncn(Cc4ccccc4)n3)n2)c(C)c1. The Labute approximate surface area is 174 Å². The predicted octanol–water partition coefficient (Wildman–Crippen LogP) is 3.43. The van der Waals surface area contributed by atoms with Crippen molar-refractivity contribution in [2.75, 3.05) is 5.32 Å². The third-order valence-corrected chi connectivity index (χ3v) is 4.51. The van der Waals surface area contributed by atoms with Crippen LogP contribution in [0.25, 0.3) is 0 Å². The van der Waals surface area contributed by atoms with Gasteiger partial charge in [0, 0.05) is 6.20 Å². The Kier molecular flexibility index (Phi) is 5.56. The minimum atomic E-state index is -0.377. The highest BCUT2D eigenvalue weighted by Crippen LogP contribution is 2.19. The zero-order valence-electron chi connectivity index (χ0n) is 16.8. The first-order valence-electron chi connectivity index (χ1n) is 9.55. The number of aromatic nitrogens is 5. The number of aryl methyl sites for hydroxylation is 2. The number of nitrogens with zero attached hydrogens (tertiary/aromatic N) is 5. The molecule has 4 aromatic rings. The Hall–Kier alpha value is -3.94. The van der Waals surface area contributed by atoms with Gasteiger partial charge in [0.1, 0.15) is 12.1 Å². The molecule has 0 bridgehead atoms. The Bertz CT molecular complexity index is 1150. The van der Waals surface area contributed by atoms with Crippen molar-refractivity contribution in [2.45, 2.75) is 27.1 Å².